The molecule has 0 spiro atoms. The predicted octanol–water partition coefficient (Wildman–Crippen LogP) is 2.17. The lowest BCUT2D eigenvalue weighted by Gasteiger charge is -2.15. The van der Waals surface area contributed by atoms with Gasteiger partial charge in [-0.3, -0.25) is 4.79 Å². The van der Waals surface area contributed by atoms with E-state index in [0.29, 0.717) is 11.9 Å². The molecule has 1 N–H and O–H groups in total. The zero-order valence-electron chi connectivity index (χ0n) is 8.35. The van der Waals surface area contributed by atoms with E-state index >= 15 is 0 Å². The first-order chi connectivity index (χ1) is 6.13. The second-order valence-electron chi connectivity index (χ2n) is 4.14. The maximum Gasteiger partial charge on any atom is 0.224 e. The molecule has 1 aliphatic carbocycles. The van der Waals surface area contributed by atoms with Gasteiger partial charge in [0.1, 0.15) is 0 Å². The molecule has 2 atom stereocenters. The first-order valence-electron chi connectivity index (χ1n) is 4.99. The van der Waals surface area contributed by atoms with Crippen molar-refractivity contribution in [2.75, 3.05) is 5.88 Å². The van der Waals surface area contributed by atoms with Gasteiger partial charge in [-0.25, -0.2) is 0 Å². The van der Waals surface area contributed by atoms with E-state index in [0.717, 1.165) is 12.3 Å². The van der Waals surface area contributed by atoms with E-state index in [2.05, 4.69) is 12.2 Å². The molecule has 0 bridgehead atoms. The summed E-state index contributed by atoms with van der Waals surface area (Å²) >= 11 is 5.59. The van der Waals surface area contributed by atoms with Gasteiger partial charge in [-0.05, 0) is 19.3 Å². The molecular formula is C10H18ClNO. The highest BCUT2D eigenvalue weighted by molar-refractivity contribution is 6.19. The second kappa shape index (κ2) is 4.85. The van der Waals surface area contributed by atoms with E-state index in [1.165, 1.54) is 12.8 Å². The molecule has 13 heavy (non-hydrogen) atoms. The maximum atomic E-state index is 11.4. The Bertz CT molecular complexity index is 180. The first kappa shape index (κ1) is 10.8. The lowest BCUT2D eigenvalue weighted by molar-refractivity contribution is -0.124. The number of halogens is 1. The van der Waals surface area contributed by atoms with Crippen LogP contribution in [0.5, 0.6) is 0 Å². The average Bonchev–Trinajstić information content (AvgIpc) is 2.86. The Balaban J connectivity index is 2.17. The van der Waals surface area contributed by atoms with Crippen molar-refractivity contribution in [3.05, 3.63) is 0 Å². The van der Waals surface area contributed by atoms with E-state index in [1.807, 2.05) is 6.92 Å². The highest BCUT2D eigenvalue weighted by atomic mass is 35.5. The summed E-state index contributed by atoms with van der Waals surface area (Å²) < 4.78 is 0. The third-order valence-corrected chi connectivity index (χ3v) is 2.91. The number of amides is 1. The molecule has 2 unspecified atom stereocenters. The van der Waals surface area contributed by atoms with Crippen LogP contribution in [-0.4, -0.2) is 17.8 Å². The molecule has 0 radical (unpaired) electrons. The molecule has 0 aromatic carbocycles. The summed E-state index contributed by atoms with van der Waals surface area (Å²) in [6, 6.07) is 0.311. The minimum atomic E-state index is -0.0664. The summed E-state index contributed by atoms with van der Waals surface area (Å²) in [4.78, 5) is 11.4. The van der Waals surface area contributed by atoms with Gasteiger partial charge in [-0.1, -0.05) is 19.8 Å². The van der Waals surface area contributed by atoms with Crippen molar-refractivity contribution >= 4 is 17.5 Å². The summed E-state index contributed by atoms with van der Waals surface area (Å²) in [6.07, 6.45) is 3.80. The molecule has 76 valence electrons. The van der Waals surface area contributed by atoms with Gasteiger partial charge in [-0.15, -0.1) is 11.6 Å². The van der Waals surface area contributed by atoms with Crippen LogP contribution in [0.15, 0.2) is 0 Å². The Morgan fingerprint density at radius 2 is 2.15 bits per heavy atom. The Morgan fingerprint density at radius 3 is 2.62 bits per heavy atom. The second-order valence-corrected chi connectivity index (χ2v) is 4.45. The van der Waals surface area contributed by atoms with Crippen LogP contribution in [0.3, 0.4) is 0 Å². The minimum absolute atomic E-state index is 0.0664. The van der Waals surface area contributed by atoms with E-state index in [4.69, 9.17) is 11.6 Å². The molecule has 0 aliphatic heterocycles. The smallest absolute Gasteiger partial charge is 0.224 e. The molecule has 3 heteroatoms. The molecule has 1 aliphatic rings. The number of carbonyl (C=O) groups is 1. The average molecular weight is 204 g/mol. The zero-order valence-corrected chi connectivity index (χ0v) is 9.10. The summed E-state index contributed by atoms with van der Waals surface area (Å²) in [5, 5.41) is 2.98. The molecule has 1 rings (SSSR count). The van der Waals surface area contributed by atoms with Crippen LogP contribution in [-0.2, 0) is 4.79 Å². The van der Waals surface area contributed by atoms with Crippen LogP contribution >= 0.6 is 11.6 Å². The number of nitrogens with one attached hydrogen (secondary N) is 1. The number of hydrogen-bond donors (Lipinski definition) is 1. The van der Waals surface area contributed by atoms with Crippen LogP contribution in [0.25, 0.3) is 0 Å². The molecule has 1 amide bonds. The highest BCUT2D eigenvalue weighted by Crippen LogP contribution is 2.33. The molecule has 0 aromatic heterocycles. The monoisotopic (exact) mass is 203 g/mol. The number of alkyl halides is 1. The fourth-order valence-electron chi connectivity index (χ4n) is 1.37. The van der Waals surface area contributed by atoms with Gasteiger partial charge in [0, 0.05) is 17.8 Å². The normalized spacial score (nSPS) is 20.8. The van der Waals surface area contributed by atoms with Gasteiger partial charge in [0.05, 0.1) is 0 Å². The third kappa shape index (κ3) is 3.99. The maximum absolute atomic E-state index is 11.4. The topological polar surface area (TPSA) is 29.1 Å². The van der Waals surface area contributed by atoms with Gasteiger partial charge in [0.2, 0.25) is 5.91 Å². The van der Waals surface area contributed by atoms with Crippen molar-refractivity contribution in [2.24, 2.45) is 11.8 Å². The molecule has 2 nitrogen and oxygen atoms in total. The summed E-state index contributed by atoms with van der Waals surface area (Å²) in [5.41, 5.74) is 0. The number of hydrogen-bond acceptors (Lipinski definition) is 1. The molecular weight excluding hydrogens is 186 g/mol. The van der Waals surface area contributed by atoms with Gasteiger partial charge in [0.15, 0.2) is 0 Å². The van der Waals surface area contributed by atoms with Crippen molar-refractivity contribution in [1.82, 2.24) is 5.32 Å². The highest BCUT2D eigenvalue weighted by Gasteiger charge is 2.24. The molecule has 1 fully saturated rings. The van der Waals surface area contributed by atoms with Gasteiger partial charge in [0.25, 0.3) is 0 Å². The Kier molecular flexibility index (Phi) is 4.04. The van der Waals surface area contributed by atoms with Crippen LogP contribution in [0, 0.1) is 11.8 Å². The molecule has 0 heterocycles. The minimum Gasteiger partial charge on any atom is -0.353 e. The standard InChI is InChI=1S/C10H18ClNO/c1-7(6-11)10(13)12-8(2)5-9-3-4-9/h7-9H,3-6H2,1-2H3,(H,12,13). The van der Waals surface area contributed by atoms with Crippen molar-refractivity contribution in [1.29, 1.82) is 0 Å². The fourth-order valence-corrected chi connectivity index (χ4v) is 1.51. The van der Waals surface area contributed by atoms with Crippen LogP contribution < -0.4 is 5.32 Å². The molecule has 1 saturated carbocycles. The van der Waals surface area contributed by atoms with Crippen molar-refractivity contribution in [3.8, 4) is 0 Å². The lowest BCUT2D eigenvalue weighted by atomic mass is 10.1. The van der Waals surface area contributed by atoms with Crippen molar-refractivity contribution < 1.29 is 4.79 Å². The lowest BCUT2D eigenvalue weighted by Crippen LogP contribution is -2.37. The van der Waals surface area contributed by atoms with E-state index in [9.17, 15) is 4.79 Å². The van der Waals surface area contributed by atoms with Gasteiger partial charge >= 0.3 is 0 Å². The van der Waals surface area contributed by atoms with Crippen molar-refractivity contribution in [2.45, 2.75) is 39.2 Å². The zero-order chi connectivity index (χ0) is 9.84. The SMILES string of the molecule is CC(CC1CC1)NC(=O)C(C)CCl. The largest absolute Gasteiger partial charge is 0.353 e. The van der Waals surface area contributed by atoms with E-state index in [1.54, 1.807) is 0 Å². The Labute approximate surface area is 85.0 Å². The number of carbonyl (C=O) groups excluding carboxylic acids is 1. The van der Waals surface area contributed by atoms with Gasteiger partial charge in [-0.2, -0.15) is 0 Å². The fraction of sp³-hybridized carbons (Fsp3) is 0.900. The third-order valence-electron chi connectivity index (χ3n) is 2.45. The van der Waals surface area contributed by atoms with Crippen molar-refractivity contribution in [3.63, 3.8) is 0 Å². The summed E-state index contributed by atoms with van der Waals surface area (Å²) in [6.45, 7) is 3.92. The number of rotatable bonds is 5. The predicted molar refractivity (Wildman–Crippen MR) is 54.8 cm³/mol. The first-order valence-corrected chi connectivity index (χ1v) is 5.53. The van der Waals surface area contributed by atoms with E-state index in [-0.39, 0.29) is 11.8 Å². The Morgan fingerprint density at radius 1 is 1.54 bits per heavy atom. The van der Waals surface area contributed by atoms with Crippen LogP contribution in [0.4, 0.5) is 0 Å². The van der Waals surface area contributed by atoms with Crippen LogP contribution in [0.1, 0.15) is 33.1 Å². The molecule has 0 saturated heterocycles. The Hall–Kier alpha value is -0.240. The van der Waals surface area contributed by atoms with E-state index < -0.39 is 0 Å². The summed E-state index contributed by atoms with van der Waals surface area (Å²) in [7, 11) is 0. The van der Waals surface area contributed by atoms with Crippen LogP contribution in [0.2, 0.25) is 0 Å². The van der Waals surface area contributed by atoms with Gasteiger partial charge < -0.3 is 5.32 Å². The quantitative estimate of drug-likeness (QED) is 0.682. The summed E-state index contributed by atoms with van der Waals surface area (Å²) in [5.74, 6) is 1.29. The molecule has 0 aromatic rings.